The van der Waals surface area contributed by atoms with Gasteiger partial charge in [-0.05, 0) is 45.9 Å². The Labute approximate surface area is 133 Å². The highest BCUT2D eigenvalue weighted by atomic mass is 16.6. The second-order valence-electron chi connectivity index (χ2n) is 5.91. The van der Waals surface area contributed by atoms with Gasteiger partial charge in [-0.25, -0.2) is 0 Å². The van der Waals surface area contributed by atoms with E-state index in [1.54, 1.807) is 6.08 Å². The SMILES string of the molecule is C=CCOC1C(OCC)c2cc(NCC)ccc2OC1(C)C. The zero-order chi connectivity index (χ0) is 16.2. The van der Waals surface area contributed by atoms with Crippen LogP contribution >= 0.6 is 0 Å². The molecule has 122 valence electrons. The van der Waals surface area contributed by atoms with Crippen LogP contribution in [-0.2, 0) is 9.47 Å². The first-order valence-corrected chi connectivity index (χ1v) is 7.94. The number of nitrogens with one attached hydrogen (secondary N) is 1. The summed E-state index contributed by atoms with van der Waals surface area (Å²) >= 11 is 0. The summed E-state index contributed by atoms with van der Waals surface area (Å²) in [5.41, 5.74) is 1.64. The highest BCUT2D eigenvalue weighted by Crippen LogP contribution is 2.44. The normalized spacial score (nSPS) is 22.5. The second-order valence-corrected chi connectivity index (χ2v) is 5.91. The fraction of sp³-hybridized carbons (Fsp3) is 0.556. The Morgan fingerprint density at radius 3 is 2.73 bits per heavy atom. The third-order valence-corrected chi connectivity index (χ3v) is 3.77. The Morgan fingerprint density at radius 1 is 1.32 bits per heavy atom. The van der Waals surface area contributed by atoms with Gasteiger partial charge in [0.25, 0.3) is 0 Å². The lowest BCUT2D eigenvalue weighted by Crippen LogP contribution is -2.51. The van der Waals surface area contributed by atoms with Crippen molar-refractivity contribution in [2.24, 2.45) is 0 Å². The molecule has 2 rings (SSSR count). The van der Waals surface area contributed by atoms with Gasteiger partial charge >= 0.3 is 0 Å². The highest BCUT2D eigenvalue weighted by molar-refractivity contribution is 5.53. The van der Waals surface area contributed by atoms with E-state index in [0.717, 1.165) is 23.5 Å². The molecule has 2 atom stereocenters. The van der Waals surface area contributed by atoms with E-state index in [1.165, 1.54) is 0 Å². The molecule has 1 aromatic carbocycles. The van der Waals surface area contributed by atoms with E-state index in [1.807, 2.05) is 32.9 Å². The number of benzene rings is 1. The van der Waals surface area contributed by atoms with Crippen LogP contribution in [0.3, 0.4) is 0 Å². The van der Waals surface area contributed by atoms with E-state index in [9.17, 15) is 0 Å². The first-order chi connectivity index (χ1) is 10.5. The minimum absolute atomic E-state index is 0.151. The van der Waals surface area contributed by atoms with E-state index < -0.39 is 5.60 Å². The number of rotatable bonds is 7. The summed E-state index contributed by atoms with van der Waals surface area (Å²) in [6.07, 6.45) is 1.42. The molecule has 2 unspecified atom stereocenters. The van der Waals surface area contributed by atoms with E-state index in [4.69, 9.17) is 14.2 Å². The van der Waals surface area contributed by atoms with Crippen molar-refractivity contribution in [3.63, 3.8) is 0 Å². The predicted octanol–water partition coefficient (Wildman–Crippen LogP) is 3.94. The van der Waals surface area contributed by atoms with Crippen LogP contribution in [-0.4, -0.2) is 31.5 Å². The number of ether oxygens (including phenoxy) is 3. The molecule has 1 aromatic rings. The summed E-state index contributed by atoms with van der Waals surface area (Å²) in [4.78, 5) is 0. The molecule has 0 aromatic heterocycles. The number of hydrogen-bond donors (Lipinski definition) is 1. The monoisotopic (exact) mass is 305 g/mol. The number of fused-ring (bicyclic) bond motifs is 1. The molecule has 4 heteroatoms. The van der Waals surface area contributed by atoms with Crippen molar-refractivity contribution in [1.82, 2.24) is 0 Å². The Bertz CT molecular complexity index is 513. The molecule has 4 nitrogen and oxygen atoms in total. The van der Waals surface area contributed by atoms with Gasteiger partial charge in [-0.3, -0.25) is 0 Å². The van der Waals surface area contributed by atoms with E-state index in [-0.39, 0.29) is 12.2 Å². The average molecular weight is 305 g/mol. The van der Waals surface area contributed by atoms with Gasteiger partial charge in [-0.15, -0.1) is 6.58 Å². The van der Waals surface area contributed by atoms with Gasteiger partial charge < -0.3 is 19.5 Å². The molecular weight excluding hydrogens is 278 g/mol. The molecule has 1 N–H and O–H groups in total. The van der Waals surface area contributed by atoms with Crippen LogP contribution in [0.25, 0.3) is 0 Å². The van der Waals surface area contributed by atoms with Gasteiger partial charge in [-0.1, -0.05) is 6.08 Å². The highest BCUT2D eigenvalue weighted by Gasteiger charge is 2.45. The predicted molar refractivity (Wildman–Crippen MR) is 89.6 cm³/mol. The molecule has 0 spiro atoms. The maximum atomic E-state index is 6.17. The molecular formula is C18H27NO3. The van der Waals surface area contributed by atoms with E-state index in [0.29, 0.717) is 13.2 Å². The molecule has 0 aliphatic carbocycles. The van der Waals surface area contributed by atoms with Crippen LogP contribution in [0.4, 0.5) is 5.69 Å². The van der Waals surface area contributed by atoms with Crippen LogP contribution in [0.5, 0.6) is 5.75 Å². The van der Waals surface area contributed by atoms with E-state index >= 15 is 0 Å². The number of anilines is 1. The Morgan fingerprint density at radius 2 is 2.09 bits per heavy atom. The van der Waals surface area contributed by atoms with Crippen molar-refractivity contribution in [3.05, 3.63) is 36.4 Å². The summed E-state index contributed by atoms with van der Waals surface area (Å²) in [6.45, 7) is 13.9. The molecule has 0 fully saturated rings. The zero-order valence-electron chi connectivity index (χ0n) is 14.0. The maximum Gasteiger partial charge on any atom is 0.132 e. The third-order valence-electron chi connectivity index (χ3n) is 3.77. The maximum absolute atomic E-state index is 6.17. The lowest BCUT2D eigenvalue weighted by Gasteiger charge is -2.44. The summed E-state index contributed by atoms with van der Waals surface area (Å²) in [5.74, 6) is 0.864. The molecule has 0 radical (unpaired) electrons. The fourth-order valence-corrected chi connectivity index (χ4v) is 2.86. The summed E-state index contributed by atoms with van der Waals surface area (Å²) in [6, 6.07) is 6.13. The van der Waals surface area contributed by atoms with Crippen LogP contribution in [0.1, 0.15) is 39.4 Å². The molecule has 0 saturated heterocycles. The van der Waals surface area contributed by atoms with Crippen LogP contribution in [0.15, 0.2) is 30.9 Å². The first-order valence-electron chi connectivity index (χ1n) is 7.94. The van der Waals surface area contributed by atoms with Crippen molar-refractivity contribution in [1.29, 1.82) is 0 Å². The minimum atomic E-state index is -0.463. The molecule has 0 amide bonds. The van der Waals surface area contributed by atoms with Crippen molar-refractivity contribution in [2.75, 3.05) is 25.1 Å². The molecule has 1 aliphatic heterocycles. The number of hydrogen-bond acceptors (Lipinski definition) is 4. The Balaban J connectivity index is 2.40. The Hall–Kier alpha value is -1.52. The lowest BCUT2D eigenvalue weighted by molar-refractivity contribution is -0.155. The molecule has 1 aliphatic rings. The van der Waals surface area contributed by atoms with Gasteiger partial charge in [0.1, 0.15) is 23.6 Å². The van der Waals surface area contributed by atoms with Crippen LogP contribution < -0.4 is 10.1 Å². The van der Waals surface area contributed by atoms with Gasteiger partial charge in [0, 0.05) is 24.4 Å². The topological polar surface area (TPSA) is 39.7 Å². The third kappa shape index (κ3) is 3.45. The Kier molecular flexibility index (Phi) is 5.48. The quantitative estimate of drug-likeness (QED) is 0.775. The zero-order valence-corrected chi connectivity index (χ0v) is 14.0. The van der Waals surface area contributed by atoms with Gasteiger partial charge in [-0.2, -0.15) is 0 Å². The fourth-order valence-electron chi connectivity index (χ4n) is 2.86. The lowest BCUT2D eigenvalue weighted by atomic mass is 9.88. The first kappa shape index (κ1) is 16.8. The second kappa shape index (κ2) is 7.16. The smallest absolute Gasteiger partial charge is 0.132 e. The molecule has 22 heavy (non-hydrogen) atoms. The van der Waals surface area contributed by atoms with Gasteiger partial charge in [0.15, 0.2) is 0 Å². The van der Waals surface area contributed by atoms with E-state index in [2.05, 4.69) is 24.9 Å². The van der Waals surface area contributed by atoms with Crippen molar-refractivity contribution in [2.45, 2.75) is 45.5 Å². The van der Waals surface area contributed by atoms with Gasteiger partial charge in [0.2, 0.25) is 0 Å². The van der Waals surface area contributed by atoms with Crippen molar-refractivity contribution in [3.8, 4) is 5.75 Å². The average Bonchev–Trinajstić information content (AvgIpc) is 2.47. The largest absolute Gasteiger partial charge is 0.485 e. The summed E-state index contributed by atoms with van der Waals surface area (Å²) < 4.78 is 18.2. The van der Waals surface area contributed by atoms with Crippen molar-refractivity contribution >= 4 is 5.69 Å². The van der Waals surface area contributed by atoms with Gasteiger partial charge in [0.05, 0.1) is 6.61 Å². The molecule has 0 bridgehead atoms. The standard InChI is InChI=1S/C18H27NO3/c1-6-11-21-17-16(20-8-3)14-12-13(19-7-2)9-10-15(14)22-18(17,4)5/h6,9-10,12,16-17,19H,1,7-8,11H2,2-5H3. The van der Waals surface area contributed by atoms with Crippen molar-refractivity contribution < 1.29 is 14.2 Å². The summed E-state index contributed by atoms with van der Waals surface area (Å²) in [7, 11) is 0. The van der Waals surface area contributed by atoms with Crippen LogP contribution in [0.2, 0.25) is 0 Å². The summed E-state index contributed by atoms with van der Waals surface area (Å²) in [5, 5.41) is 3.33. The van der Waals surface area contributed by atoms with Crippen LogP contribution in [0, 0.1) is 0 Å². The minimum Gasteiger partial charge on any atom is -0.485 e. The molecule has 1 heterocycles. The molecule has 0 saturated carbocycles.